The number of fused-ring (bicyclic) bond motifs is 1. The second-order valence-corrected chi connectivity index (χ2v) is 11.1. The predicted molar refractivity (Wildman–Crippen MR) is 142 cm³/mol. The monoisotopic (exact) mass is 605 g/mol. The molecule has 0 bridgehead atoms. The quantitative estimate of drug-likeness (QED) is 0.324. The van der Waals surface area contributed by atoms with Crippen LogP contribution in [0.2, 0.25) is 0 Å². The molecule has 3 fully saturated rings. The van der Waals surface area contributed by atoms with Crippen LogP contribution >= 0.6 is 0 Å². The molecule has 2 aliphatic heterocycles. The fraction of sp³-hybridized carbons (Fsp3) is 0.519. The van der Waals surface area contributed by atoms with Crippen LogP contribution in [0, 0.1) is 5.92 Å². The predicted octanol–water partition coefficient (Wildman–Crippen LogP) is 1.78. The molecule has 2 amide bonds. The molecule has 6 rings (SSSR count). The average molecular weight is 606 g/mol. The van der Waals surface area contributed by atoms with Crippen LogP contribution in [0.1, 0.15) is 43.3 Å². The normalized spacial score (nSPS) is 24.8. The highest BCUT2D eigenvalue weighted by Crippen LogP contribution is 2.34. The van der Waals surface area contributed by atoms with Crippen molar-refractivity contribution in [2.45, 2.75) is 68.9 Å². The summed E-state index contributed by atoms with van der Waals surface area (Å²) in [6.07, 6.45) is -5.96. The van der Waals surface area contributed by atoms with Crippen molar-refractivity contribution in [3.05, 3.63) is 42.0 Å². The number of aliphatic hydroxyl groups excluding tert-OH is 2. The van der Waals surface area contributed by atoms with Crippen molar-refractivity contribution < 1.29 is 42.4 Å². The first-order chi connectivity index (χ1) is 20.5. The lowest BCUT2D eigenvalue weighted by molar-refractivity contribution is -0.138. The van der Waals surface area contributed by atoms with Gasteiger partial charge in [0, 0.05) is 25.6 Å². The summed E-state index contributed by atoms with van der Waals surface area (Å²) in [5.74, 6) is -0.114. The topological polar surface area (TPSA) is 178 Å². The summed E-state index contributed by atoms with van der Waals surface area (Å²) in [5, 5.41) is 24.0. The number of carbonyl (C=O) groups is 2. The summed E-state index contributed by atoms with van der Waals surface area (Å²) in [4.78, 5) is 39.7. The Morgan fingerprint density at radius 2 is 1.86 bits per heavy atom. The smallest absolute Gasteiger partial charge is 0.410 e. The first-order valence-corrected chi connectivity index (χ1v) is 13.9. The van der Waals surface area contributed by atoms with Crippen molar-refractivity contribution in [1.82, 2.24) is 29.7 Å². The van der Waals surface area contributed by atoms with Gasteiger partial charge in [0.2, 0.25) is 0 Å². The molecular formula is C27H30F3N7O6. The zero-order chi connectivity index (χ0) is 30.5. The third kappa shape index (κ3) is 6.07. The Morgan fingerprint density at radius 3 is 2.56 bits per heavy atom. The van der Waals surface area contributed by atoms with E-state index < -0.39 is 48.3 Å². The lowest BCUT2D eigenvalue weighted by Crippen LogP contribution is -2.43. The Bertz CT molecular complexity index is 1520. The zero-order valence-corrected chi connectivity index (χ0v) is 22.8. The molecule has 3 aliphatic rings. The molecule has 2 saturated heterocycles. The molecule has 0 radical (unpaired) electrons. The van der Waals surface area contributed by atoms with Gasteiger partial charge in [0.05, 0.1) is 11.9 Å². The molecule has 2 aromatic heterocycles. The van der Waals surface area contributed by atoms with Crippen LogP contribution in [0.3, 0.4) is 0 Å². The number of nitrogen functional groups attached to an aromatic ring is 1. The van der Waals surface area contributed by atoms with Gasteiger partial charge >= 0.3 is 12.3 Å². The van der Waals surface area contributed by atoms with E-state index in [0.29, 0.717) is 38.2 Å². The van der Waals surface area contributed by atoms with E-state index in [0.717, 1.165) is 25.0 Å². The van der Waals surface area contributed by atoms with E-state index in [1.54, 1.807) is 0 Å². The van der Waals surface area contributed by atoms with Crippen molar-refractivity contribution in [3.63, 3.8) is 0 Å². The number of anilines is 1. The number of aliphatic hydroxyl groups is 2. The number of alkyl halides is 3. The second kappa shape index (κ2) is 11.2. The summed E-state index contributed by atoms with van der Waals surface area (Å²) in [6.45, 7) is 0.644. The molecule has 1 aliphatic carbocycles. The number of carbonyl (C=O) groups excluding carboxylic acids is 2. The van der Waals surface area contributed by atoms with Crippen molar-refractivity contribution >= 4 is 29.0 Å². The molecular weight excluding hydrogens is 575 g/mol. The number of nitrogens with two attached hydrogens (primary N) is 1. The van der Waals surface area contributed by atoms with E-state index in [9.17, 15) is 33.0 Å². The molecule has 230 valence electrons. The summed E-state index contributed by atoms with van der Waals surface area (Å²) in [6, 6.07) is 4.21. The molecule has 4 atom stereocenters. The summed E-state index contributed by atoms with van der Waals surface area (Å²) < 4.78 is 51.3. The molecule has 16 heteroatoms. The van der Waals surface area contributed by atoms with Crippen LogP contribution in [0.25, 0.3) is 11.2 Å². The zero-order valence-electron chi connectivity index (χ0n) is 22.8. The highest BCUT2D eigenvalue weighted by Gasteiger charge is 2.48. The number of amides is 2. The molecule has 5 N–H and O–H groups in total. The largest absolute Gasteiger partial charge is 0.416 e. The number of benzene rings is 1. The lowest BCUT2D eigenvalue weighted by Gasteiger charge is -2.31. The van der Waals surface area contributed by atoms with Gasteiger partial charge in [0.1, 0.15) is 29.3 Å². The van der Waals surface area contributed by atoms with Gasteiger partial charge in [-0.1, -0.05) is 6.07 Å². The Kier molecular flexibility index (Phi) is 7.60. The average Bonchev–Trinajstić information content (AvgIpc) is 3.60. The number of hydrogen-bond donors (Lipinski definition) is 4. The Labute approximate surface area is 242 Å². The van der Waals surface area contributed by atoms with E-state index in [-0.39, 0.29) is 34.7 Å². The number of hydrogen-bond acceptors (Lipinski definition) is 10. The maximum atomic E-state index is 13.0. The van der Waals surface area contributed by atoms with Gasteiger partial charge in [-0.3, -0.25) is 9.36 Å². The first kappa shape index (κ1) is 29.1. The molecule has 1 aromatic carbocycles. The van der Waals surface area contributed by atoms with Crippen LogP contribution in [0.15, 0.2) is 30.6 Å². The Balaban J connectivity index is 1.09. The van der Waals surface area contributed by atoms with Crippen LogP contribution in [-0.2, 0) is 22.1 Å². The van der Waals surface area contributed by atoms with Crippen LogP contribution in [0.4, 0.5) is 23.8 Å². The maximum absolute atomic E-state index is 13.0. The molecule has 3 aromatic rings. The molecule has 0 spiro atoms. The fourth-order valence-corrected chi connectivity index (χ4v) is 5.36. The standard InChI is InChI=1S/C27H30F3N7O6/c28-27(29,30)14-2-1-3-16(11-14)42-26(41)36-8-6-13(7-9-36)10-17-34-22(31)18-23(35-17)37(12-32-18)25-20(39)19(38)21(43-25)24(40)33-15-4-5-15/h1-3,11-13,15,19-21,25,38-39H,4-10H2,(H,33,40)(H2,31,34,35)/t19?,20?,21-,25+/m0/s1. The number of nitrogens with one attached hydrogen (secondary N) is 1. The van der Waals surface area contributed by atoms with Gasteiger partial charge in [-0.15, -0.1) is 0 Å². The number of ether oxygens (including phenoxy) is 2. The van der Waals surface area contributed by atoms with Crippen LogP contribution in [0.5, 0.6) is 5.75 Å². The molecule has 13 nitrogen and oxygen atoms in total. The molecule has 1 saturated carbocycles. The number of imidazole rings is 1. The van der Waals surface area contributed by atoms with Crippen molar-refractivity contribution in [2.24, 2.45) is 5.92 Å². The summed E-state index contributed by atoms with van der Waals surface area (Å²) in [7, 11) is 0. The SMILES string of the molecule is Nc1nc(CC2CCN(C(=O)Oc3cccc(C(F)(F)F)c3)CC2)nc2c1ncn2[C@@H]1O[C@H](C(=O)NC2CC2)C(O)C1O. The summed E-state index contributed by atoms with van der Waals surface area (Å²) >= 11 is 0. The highest BCUT2D eigenvalue weighted by molar-refractivity contribution is 5.83. The number of likely N-dealkylation sites (tertiary alicyclic amines) is 1. The minimum atomic E-state index is -4.55. The molecule has 4 heterocycles. The number of rotatable bonds is 6. The maximum Gasteiger partial charge on any atom is 0.416 e. The van der Waals surface area contributed by atoms with E-state index in [2.05, 4.69) is 20.3 Å². The van der Waals surface area contributed by atoms with Crippen molar-refractivity contribution in [1.29, 1.82) is 0 Å². The minimum absolute atomic E-state index is 0.0523. The minimum Gasteiger partial charge on any atom is -0.410 e. The molecule has 43 heavy (non-hydrogen) atoms. The van der Waals surface area contributed by atoms with Crippen molar-refractivity contribution in [2.75, 3.05) is 18.8 Å². The van der Waals surface area contributed by atoms with E-state index in [1.165, 1.54) is 27.9 Å². The van der Waals surface area contributed by atoms with Gasteiger partial charge < -0.3 is 35.6 Å². The number of piperidine rings is 1. The van der Waals surface area contributed by atoms with Gasteiger partial charge in [0.15, 0.2) is 23.8 Å². The number of halogens is 3. The number of nitrogens with zero attached hydrogens (tertiary/aromatic N) is 5. The third-order valence-electron chi connectivity index (χ3n) is 7.90. The van der Waals surface area contributed by atoms with E-state index in [1.807, 2.05) is 0 Å². The van der Waals surface area contributed by atoms with Gasteiger partial charge in [-0.2, -0.15) is 13.2 Å². The van der Waals surface area contributed by atoms with Gasteiger partial charge in [-0.05, 0) is 49.8 Å². The van der Waals surface area contributed by atoms with Gasteiger partial charge in [-0.25, -0.2) is 19.7 Å². The van der Waals surface area contributed by atoms with Crippen LogP contribution in [-0.4, -0.2) is 84.1 Å². The Hall–Kier alpha value is -4.02. The van der Waals surface area contributed by atoms with Crippen molar-refractivity contribution in [3.8, 4) is 5.75 Å². The van der Waals surface area contributed by atoms with E-state index >= 15 is 0 Å². The second-order valence-electron chi connectivity index (χ2n) is 11.1. The highest BCUT2D eigenvalue weighted by atomic mass is 19.4. The summed E-state index contributed by atoms with van der Waals surface area (Å²) in [5.41, 5.74) is 5.80. The first-order valence-electron chi connectivity index (χ1n) is 13.9. The fourth-order valence-electron chi connectivity index (χ4n) is 5.36. The number of aromatic nitrogens is 4. The third-order valence-corrected chi connectivity index (χ3v) is 7.90. The van der Waals surface area contributed by atoms with Crippen LogP contribution < -0.4 is 15.8 Å². The lowest BCUT2D eigenvalue weighted by atomic mass is 9.93. The Morgan fingerprint density at radius 1 is 1.12 bits per heavy atom. The molecule has 2 unspecified atom stereocenters. The van der Waals surface area contributed by atoms with Gasteiger partial charge in [0.25, 0.3) is 5.91 Å². The van der Waals surface area contributed by atoms with E-state index in [4.69, 9.17) is 15.2 Å².